The van der Waals surface area contributed by atoms with Crippen LogP contribution in [0.2, 0.25) is 0 Å². The molecule has 1 aliphatic heterocycles. The quantitative estimate of drug-likeness (QED) is 0.444. The smallest absolute Gasteiger partial charge is 0.0517 e. The van der Waals surface area contributed by atoms with Crippen LogP contribution in [0.15, 0.2) is 0 Å². The normalized spacial score (nSPS) is 20.5. The average Bonchev–Trinajstić information content (AvgIpc) is 2.07. The van der Waals surface area contributed by atoms with Gasteiger partial charge in [0.2, 0.25) is 0 Å². The Labute approximate surface area is 76.8 Å². The van der Waals surface area contributed by atoms with Gasteiger partial charge in [-0.05, 0) is 31.7 Å². The van der Waals surface area contributed by atoms with Crippen molar-refractivity contribution in [1.82, 2.24) is 5.32 Å². The molecule has 66 valence electrons. The fourth-order valence-electron chi connectivity index (χ4n) is 1.41. The molecule has 0 saturated carbocycles. The summed E-state index contributed by atoms with van der Waals surface area (Å²) < 4.78 is 5.28. The van der Waals surface area contributed by atoms with E-state index in [9.17, 15) is 0 Å². The highest BCUT2D eigenvalue weighted by atomic mass is 79.9. The maximum atomic E-state index is 5.28. The topological polar surface area (TPSA) is 21.3 Å². The van der Waals surface area contributed by atoms with E-state index in [0.717, 1.165) is 31.1 Å². The second-order valence-electron chi connectivity index (χ2n) is 2.98. The van der Waals surface area contributed by atoms with Gasteiger partial charge in [-0.3, -0.25) is 0 Å². The molecule has 0 radical (unpaired) electrons. The van der Waals surface area contributed by atoms with Gasteiger partial charge in [0.25, 0.3) is 0 Å². The number of hydrogen-bond donors (Lipinski definition) is 1. The van der Waals surface area contributed by atoms with Crippen LogP contribution in [0.3, 0.4) is 0 Å². The highest BCUT2D eigenvalue weighted by Crippen LogP contribution is 2.17. The minimum Gasteiger partial charge on any atom is -0.381 e. The molecule has 0 aliphatic carbocycles. The maximum Gasteiger partial charge on any atom is 0.0517 e. The lowest BCUT2D eigenvalue weighted by molar-refractivity contribution is 0.0641. The first-order valence-electron chi connectivity index (χ1n) is 4.28. The van der Waals surface area contributed by atoms with Crippen molar-refractivity contribution in [2.24, 2.45) is 5.92 Å². The minimum atomic E-state index is 0.898. The van der Waals surface area contributed by atoms with Crippen LogP contribution in [-0.4, -0.2) is 25.2 Å². The summed E-state index contributed by atoms with van der Waals surface area (Å²) >= 11 is 3.34. The molecule has 0 atom stereocenters. The average molecular weight is 222 g/mol. The third-order valence-electron chi connectivity index (χ3n) is 2.16. The molecule has 11 heavy (non-hydrogen) atoms. The first-order valence-corrected chi connectivity index (χ1v) is 5.40. The van der Waals surface area contributed by atoms with E-state index in [1.807, 2.05) is 0 Å². The van der Waals surface area contributed by atoms with Gasteiger partial charge >= 0.3 is 0 Å². The number of rotatable bonds is 4. The second-order valence-corrected chi connectivity index (χ2v) is 3.54. The van der Waals surface area contributed by atoms with E-state index in [4.69, 9.17) is 4.74 Å². The predicted octanol–water partition coefficient (Wildman–Crippen LogP) is 1.75. The Morgan fingerprint density at radius 1 is 1.36 bits per heavy atom. The molecule has 3 heteroatoms. The zero-order valence-corrected chi connectivity index (χ0v) is 8.40. The van der Waals surface area contributed by atoms with Crippen molar-refractivity contribution in [3.8, 4) is 0 Å². The summed E-state index contributed by atoms with van der Waals surface area (Å²) in [6.07, 6.45) is 3.81. The van der Waals surface area contributed by atoms with E-state index in [-0.39, 0.29) is 0 Å². The fraction of sp³-hybridized carbons (Fsp3) is 1.00. The molecule has 1 saturated heterocycles. The Kier molecular flexibility index (Phi) is 5.15. The molecule has 2 nitrogen and oxygen atoms in total. The van der Waals surface area contributed by atoms with Crippen molar-refractivity contribution in [2.45, 2.75) is 19.3 Å². The summed E-state index contributed by atoms with van der Waals surface area (Å²) in [6, 6.07) is 0. The minimum absolute atomic E-state index is 0.898. The lowest BCUT2D eigenvalue weighted by Gasteiger charge is -2.21. The second kappa shape index (κ2) is 5.98. The summed E-state index contributed by atoms with van der Waals surface area (Å²) in [4.78, 5) is 0. The third kappa shape index (κ3) is 4.09. The van der Waals surface area contributed by atoms with Crippen molar-refractivity contribution in [3.05, 3.63) is 0 Å². The van der Waals surface area contributed by atoms with Gasteiger partial charge in [-0.15, -0.1) is 0 Å². The third-order valence-corrected chi connectivity index (χ3v) is 2.56. The predicted molar refractivity (Wildman–Crippen MR) is 50.0 cm³/mol. The van der Waals surface area contributed by atoms with Gasteiger partial charge in [0.05, 0.1) is 5.45 Å². The van der Waals surface area contributed by atoms with Crippen LogP contribution in [-0.2, 0) is 4.74 Å². The van der Waals surface area contributed by atoms with Crippen LogP contribution >= 0.6 is 15.9 Å². The van der Waals surface area contributed by atoms with Gasteiger partial charge in [0, 0.05) is 13.2 Å². The standard InChI is InChI=1S/C8H16BrNO/c9-7-10-4-1-8-2-5-11-6-3-8/h8,10H,1-7H2. The molecular formula is C8H16BrNO. The first-order chi connectivity index (χ1) is 5.43. The van der Waals surface area contributed by atoms with Gasteiger partial charge < -0.3 is 10.1 Å². The van der Waals surface area contributed by atoms with Gasteiger partial charge in [-0.1, -0.05) is 15.9 Å². The first kappa shape index (κ1) is 9.49. The molecule has 1 rings (SSSR count). The molecule has 1 fully saturated rings. The lowest BCUT2D eigenvalue weighted by atomic mass is 9.97. The number of hydrogen-bond acceptors (Lipinski definition) is 2. The molecule has 1 aliphatic rings. The SMILES string of the molecule is BrCNCCC1CCOCC1. The van der Waals surface area contributed by atoms with Crippen LogP contribution in [0.1, 0.15) is 19.3 Å². The fourth-order valence-corrected chi connectivity index (χ4v) is 1.69. The zero-order valence-electron chi connectivity index (χ0n) is 6.81. The zero-order chi connectivity index (χ0) is 7.94. The molecule has 0 aromatic carbocycles. The van der Waals surface area contributed by atoms with Crippen LogP contribution in [0.5, 0.6) is 0 Å². The Bertz CT molecular complexity index is 94.1. The number of alkyl halides is 1. The number of nitrogens with one attached hydrogen (secondary N) is 1. The Hall–Kier alpha value is 0.400. The monoisotopic (exact) mass is 221 g/mol. The lowest BCUT2D eigenvalue weighted by Crippen LogP contribution is -2.21. The van der Waals surface area contributed by atoms with Crippen LogP contribution in [0, 0.1) is 5.92 Å². The number of halogens is 1. The van der Waals surface area contributed by atoms with Crippen LogP contribution in [0.4, 0.5) is 0 Å². The van der Waals surface area contributed by atoms with E-state index in [1.165, 1.54) is 19.3 Å². The molecular weight excluding hydrogens is 206 g/mol. The molecule has 1 N–H and O–H groups in total. The Morgan fingerprint density at radius 2 is 2.09 bits per heavy atom. The Morgan fingerprint density at radius 3 is 2.73 bits per heavy atom. The van der Waals surface area contributed by atoms with Crippen molar-refractivity contribution < 1.29 is 4.74 Å². The van der Waals surface area contributed by atoms with Gasteiger partial charge in [-0.2, -0.15) is 0 Å². The van der Waals surface area contributed by atoms with Crippen molar-refractivity contribution in [1.29, 1.82) is 0 Å². The molecule has 0 aromatic rings. The van der Waals surface area contributed by atoms with Gasteiger partial charge in [0.1, 0.15) is 0 Å². The summed E-state index contributed by atoms with van der Waals surface area (Å²) in [5.74, 6) is 0.898. The molecule has 1 heterocycles. The van der Waals surface area contributed by atoms with Crippen LogP contribution < -0.4 is 5.32 Å². The summed E-state index contributed by atoms with van der Waals surface area (Å²) in [6.45, 7) is 3.08. The Balaban J connectivity index is 1.96. The van der Waals surface area contributed by atoms with Crippen LogP contribution in [0.25, 0.3) is 0 Å². The van der Waals surface area contributed by atoms with E-state index >= 15 is 0 Å². The van der Waals surface area contributed by atoms with Crippen molar-refractivity contribution in [2.75, 3.05) is 25.2 Å². The highest BCUT2D eigenvalue weighted by molar-refractivity contribution is 9.09. The summed E-state index contributed by atoms with van der Waals surface area (Å²) in [7, 11) is 0. The molecule has 0 amide bonds. The largest absolute Gasteiger partial charge is 0.381 e. The summed E-state index contributed by atoms with van der Waals surface area (Å²) in [5, 5.41) is 3.27. The summed E-state index contributed by atoms with van der Waals surface area (Å²) in [5.41, 5.74) is 0.913. The molecule has 0 aromatic heterocycles. The highest BCUT2D eigenvalue weighted by Gasteiger charge is 2.12. The van der Waals surface area contributed by atoms with Crippen molar-refractivity contribution >= 4 is 15.9 Å². The van der Waals surface area contributed by atoms with Gasteiger partial charge in [-0.25, -0.2) is 0 Å². The van der Waals surface area contributed by atoms with E-state index < -0.39 is 0 Å². The van der Waals surface area contributed by atoms with E-state index in [2.05, 4.69) is 21.2 Å². The van der Waals surface area contributed by atoms with E-state index in [0.29, 0.717) is 0 Å². The van der Waals surface area contributed by atoms with Crippen molar-refractivity contribution in [3.63, 3.8) is 0 Å². The maximum absolute atomic E-state index is 5.28. The number of ether oxygens (including phenoxy) is 1. The molecule has 0 spiro atoms. The molecule has 0 bridgehead atoms. The molecule has 0 unspecified atom stereocenters. The van der Waals surface area contributed by atoms with E-state index in [1.54, 1.807) is 0 Å². The van der Waals surface area contributed by atoms with Gasteiger partial charge in [0.15, 0.2) is 0 Å².